The smallest absolute Gasteiger partial charge is 0.222 e. The first-order valence-corrected chi connectivity index (χ1v) is 6.43. The summed E-state index contributed by atoms with van der Waals surface area (Å²) in [5, 5.41) is 0. The summed E-state index contributed by atoms with van der Waals surface area (Å²) in [6.45, 7) is 8.69. The fourth-order valence-electron chi connectivity index (χ4n) is 2.02. The van der Waals surface area contributed by atoms with Gasteiger partial charge in [-0.2, -0.15) is 0 Å². The van der Waals surface area contributed by atoms with E-state index in [-0.39, 0.29) is 0 Å². The van der Waals surface area contributed by atoms with Gasteiger partial charge in [0.1, 0.15) is 5.75 Å². The van der Waals surface area contributed by atoms with E-state index in [1.165, 1.54) is 5.56 Å². The van der Waals surface area contributed by atoms with Gasteiger partial charge < -0.3 is 10.5 Å². The molecule has 100 valence electrons. The van der Waals surface area contributed by atoms with Crippen LogP contribution in [0.2, 0.25) is 0 Å². The highest BCUT2D eigenvalue weighted by Crippen LogP contribution is 2.31. The summed E-state index contributed by atoms with van der Waals surface area (Å²) in [6.07, 6.45) is 1.77. The minimum atomic E-state index is 0.497. The Labute approximate surface area is 114 Å². The maximum absolute atomic E-state index is 6.00. The molecule has 0 atom stereocenters. The van der Waals surface area contributed by atoms with Crippen molar-refractivity contribution >= 4 is 0 Å². The molecule has 0 spiro atoms. The molecule has 2 aromatic rings. The molecule has 0 unspecified atom stereocenters. The second-order valence-electron chi connectivity index (χ2n) is 4.93. The lowest BCUT2D eigenvalue weighted by molar-refractivity contribution is 0.451. The maximum atomic E-state index is 6.00. The number of nitrogens with two attached hydrogens (primary N) is 1. The average Bonchev–Trinajstić information content (AvgIpc) is 2.40. The van der Waals surface area contributed by atoms with E-state index in [9.17, 15) is 0 Å². The lowest BCUT2D eigenvalue weighted by atomic mass is 10.1. The van der Waals surface area contributed by atoms with Crippen LogP contribution in [0.4, 0.5) is 0 Å². The molecule has 3 nitrogen and oxygen atoms in total. The molecule has 1 aromatic heterocycles. The average molecular weight is 256 g/mol. The quantitative estimate of drug-likeness (QED) is 0.913. The normalized spacial score (nSPS) is 10.6. The number of aryl methyl sites for hydroxylation is 3. The third kappa shape index (κ3) is 2.76. The number of nitrogens with zero attached hydrogens (tertiary/aromatic N) is 1. The minimum absolute atomic E-state index is 0.497. The molecule has 0 saturated carbocycles. The summed E-state index contributed by atoms with van der Waals surface area (Å²) in [5.74, 6) is 1.55. The van der Waals surface area contributed by atoms with Gasteiger partial charge >= 0.3 is 0 Å². The standard InChI is InChI=1S/C16H20N2O/c1-10-5-6-11(2)15(13(10)4)19-16-12(3)7-14(8-17)9-18-16/h5-7,9H,8,17H2,1-4H3. The third-order valence-corrected chi connectivity index (χ3v) is 3.39. The van der Waals surface area contributed by atoms with Crippen molar-refractivity contribution in [1.82, 2.24) is 4.98 Å². The Hall–Kier alpha value is -1.87. The van der Waals surface area contributed by atoms with Gasteiger partial charge in [-0.3, -0.25) is 0 Å². The summed E-state index contributed by atoms with van der Waals surface area (Å²) < 4.78 is 6.00. The Kier molecular flexibility index (Phi) is 3.86. The van der Waals surface area contributed by atoms with Crippen molar-refractivity contribution in [3.63, 3.8) is 0 Å². The molecular formula is C16H20N2O. The summed E-state index contributed by atoms with van der Waals surface area (Å²) in [6, 6.07) is 6.19. The molecule has 3 heteroatoms. The van der Waals surface area contributed by atoms with Gasteiger partial charge in [0.25, 0.3) is 0 Å². The van der Waals surface area contributed by atoms with Crippen molar-refractivity contribution in [3.8, 4) is 11.6 Å². The van der Waals surface area contributed by atoms with Crippen LogP contribution in [0.3, 0.4) is 0 Å². The summed E-state index contributed by atoms with van der Waals surface area (Å²) in [4.78, 5) is 4.35. The number of aromatic nitrogens is 1. The molecule has 0 amide bonds. The fraction of sp³-hybridized carbons (Fsp3) is 0.312. The SMILES string of the molecule is Cc1cc(CN)cnc1Oc1c(C)ccc(C)c1C. The van der Waals surface area contributed by atoms with Crippen LogP contribution in [0, 0.1) is 27.7 Å². The first-order chi connectivity index (χ1) is 9.02. The molecule has 0 fully saturated rings. The van der Waals surface area contributed by atoms with Crippen LogP contribution in [0.25, 0.3) is 0 Å². The number of hydrogen-bond donors (Lipinski definition) is 1. The predicted molar refractivity (Wildman–Crippen MR) is 77.6 cm³/mol. The van der Waals surface area contributed by atoms with Crippen LogP contribution < -0.4 is 10.5 Å². The lowest BCUT2D eigenvalue weighted by Gasteiger charge is -2.14. The Balaban J connectivity index is 2.39. The Morgan fingerprint density at radius 1 is 1.05 bits per heavy atom. The minimum Gasteiger partial charge on any atom is -0.438 e. The largest absolute Gasteiger partial charge is 0.438 e. The summed E-state index contributed by atoms with van der Waals surface area (Å²) in [7, 11) is 0. The highest BCUT2D eigenvalue weighted by Gasteiger charge is 2.10. The number of benzene rings is 1. The van der Waals surface area contributed by atoms with Crippen LogP contribution in [0.5, 0.6) is 11.6 Å². The molecule has 2 rings (SSSR count). The Morgan fingerprint density at radius 3 is 2.37 bits per heavy atom. The highest BCUT2D eigenvalue weighted by molar-refractivity contribution is 5.47. The van der Waals surface area contributed by atoms with Gasteiger partial charge in [-0.05, 0) is 56.0 Å². The number of ether oxygens (including phenoxy) is 1. The zero-order chi connectivity index (χ0) is 14.0. The molecule has 1 aromatic carbocycles. The first kappa shape index (κ1) is 13.6. The van der Waals surface area contributed by atoms with E-state index in [2.05, 4.69) is 31.0 Å². The maximum Gasteiger partial charge on any atom is 0.222 e. The number of rotatable bonds is 3. The van der Waals surface area contributed by atoms with Gasteiger partial charge in [-0.25, -0.2) is 4.98 Å². The number of hydrogen-bond acceptors (Lipinski definition) is 3. The van der Waals surface area contributed by atoms with Crippen molar-refractivity contribution in [3.05, 3.63) is 52.2 Å². The fourth-order valence-corrected chi connectivity index (χ4v) is 2.02. The van der Waals surface area contributed by atoms with Crippen LogP contribution in [0.1, 0.15) is 27.8 Å². The molecule has 0 aliphatic carbocycles. The highest BCUT2D eigenvalue weighted by atomic mass is 16.5. The molecule has 1 heterocycles. The summed E-state index contributed by atoms with van der Waals surface area (Å²) in [5.41, 5.74) is 11.1. The second-order valence-corrected chi connectivity index (χ2v) is 4.93. The molecule has 0 bridgehead atoms. The number of pyridine rings is 1. The van der Waals surface area contributed by atoms with Gasteiger partial charge in [-0.1, -0.05) is 12.1 Å². The van der Waals surface area contributed by atoms with E-state index in [0.29, 0.717) is 12.4 Å². The van der Waals surface area contributed by atoms with E-state index >= 15 is 0 Å². The van der Waals surface area contributed by atoms with E-state index in [0.717, 1.165) is 28.0 Å². The van der Waals surface area contributed by atoms with Crippen molar-refractivity contribution in [2.75, 3.05) is 0 Å². The zero-order valence-electron chi connectivity index (χ0n) is 11.9. The third-order valence-electron chi connectivity index (χ3n) is 3.39. The van der Waals surface area contributed by atoms with Gasteiger partial charge in [0.15, 0.2) is 0 Å². The molecule has 0 aliphatic rings. The molecular weight excluding hydrogens is 236 g/mol. The van der Waals surface area contributed by atoms with Crippen LogP contribution in [0.15, 0.2) is 24.4 Å². The van der Waals surface area contributed by atoms with E-state index in [1.807, 2.05) is 19.9 Å². The van der Waals surface area contributed by atoms with Crippen LogP contribution in [-0.4, -0.2) is 4.98 Å². The topological polar surface area (TPSA) is 48.1 Å². The van der Waals surface area contributed by atoms with Gasteiger partial charge in [0, 0.05) is 18.3 Å². The first-order valence-electron chi connectivity index (χ1n) is 6.43. The van der Waals surface area contributed by atoms with Gasteiger partial charge in [0.2, 0.25) is 5.88 Å². The Morgan fingerprint density at radius 2 is 1.74 bits per heavy atom. The van der Waals surface area contributed by atoms with Crippen molar-refractivity contribution in [2.45, 2.75) is 34.2 Å². The molecule has 0 radical (unpaired) electrons. The van der Waals surface area contributed by atoms with E-state index in [1.54, 1.807) is 6.20 Å². The molecule has 0 saturated heterocycles. The predicted octanol–water partition coefficient (Wildman–Crippen LogP) is 3.57. The lowest BCUT2D eigenvalue weighted by Crippen LogP contribution is -2.01. The second kappa shape index (κ2) is 5.41. The molecule has 2 N–H and O–H groups in total. The monoisotopic (exact) mass is 256 g/mol. The van der Waals surface area contributed by atoms with Gasteiger partial charge in [-0.15, -0.1) is 0 Å². The zero-order valence-corrected chi connectivity index (χ0v) is 11.9. The van der Waals surface area contributed by atoms with E-state index in [4.69, 9.17) is 10.5 Å². The van der Waals surface area contributed by atoms with Crippen molar-refractivity contribution in [1.29, 1.82) is 0 Å². The Bertz CT molecular complexity index is 606. The van der Waals surface area contributed by atoms with Crippen molar-refractivity contribution in [2.24, 2.45) is 5.73 Å². The summed E-state index contributed by atoms with van der Waals surface area (Å²) >= 11 is 0. The molecule has 19 heavy (non-hydrogen) atoms. The van der Waals surface area contributed by atoms with Crippen LogP contribution in [-0.2, 0) is 6.54 Å². The van der Waals surface area contributed by atoms with Crippen LogP contribution >= 0.6 is 0 Å². The van der Waals surface area contributed by atoms with E-state index < -0.39 is 0 Å². The van der Waals surface area contributed by atoms with Gasteiger partial charge in [0.05, 0.1) is 0 Å². The van der Waals surface area contributed by atoms with Crippen molar-refractivity contribution < 1.29 is 4.74 Å². The molecule has 0 aliphatic heterocycles.